The Bertz CT molecular complexity index is 1190. The largest absolute Gasteiger partial charge is 0.276 e. The average molecular weight is 360 g/mol. The molecule has 1 aliphatic carbocycles. The molecule has 5 rings (SSSR count). The first kappa shape index (κ1) is 15.9. The lowest BCUT2D eigenvalue weighted by Gasteiger charge is -2.14. The molecule has 0 unspecified atom stereocenters. The molecular formula is C20H17FN6. The van der Waals surface area contributed by atoms with Gasteiger partial charge in [-0.25, -0.2) is 15.0 Å². The van der Waals surface area contributed by atoms with E-state index in [4.69, 9.17) is 0 Å². The molecule has 4 heterocycles. The zero-order chi connectivity index (χ0) is 18.4. The molecule has 0 aliphatic heterocycles. The molecule has 0 atom stereocenters. The first-order valence-corrected chi connectivity index (χ1v) is 8.87. The summed E-state index contributed by atoms with van der Waals surface area (Å²) in [5, 5.41) is 4.28. The predicted molar refractivity (Wildman–Crippen MR) is 99.4 cm³/mol. The molecule has 134 valence electrons. The molecule has 0 amide bonds. The molecule has 4 aromatic heterocycles. The van der Waals surface area contributed by atoms with Gasteiger partial charge in [-0.05, 0) is 42.5 Å². The van der Waals surface area contributed by atoms with Crippen molar-refractivity contribution in [1.82, 2.24) is 29.1 Å². The Hall–Kier alpha value is -3.35. The van der Waals surface area contributed by atoms with E-state index in [0.717, 1.165) is 52.9 Å². The van der Waals surface area contributed by atoms with E-state index in [1.165, 1.54) is 10.6 Å². The van der Waals surface area contributed by atoms with E-state index in [0.29, 0.717) is 5.65 Å². The summed E-state index contributed by atoms with van der Waals surface area (Å²) in [6, 6.07) is 3.81. The number of hydrogen-bond acceptors (Lipinski definition) is 4. The van der Waals surface area contributed by atoms with Gasteiger partial charge in [-0.15, -0.1) is 0 Å². The number of aromatic nitrogens is 6. The van der Waals surface area contributed by atoms with Gasteiger partial charge in [0, 0.05) is 30.6 Å². The highest BCUT2D eigenvalue weighted by molar-refractivity contribution is 5.88. The van der Waals surface area contributed by atoms with E-state index in [1.54, 1.807) is 17.2 Å². The second kappa shape index (κ2) is 6.12. The molecule has 0 N–H and O–H groups in total. The number of nitrogens with zero attached hydrogens (tertiary/aromatic N) is 6. The van der Waals surface area contributed by atoms with E-state index < -0.39 is 0 Å². The maximum absolute atomic E-state index is 14.1. The fourth-order valence-electron chi connectivity index (χ4n) is 3.65. The minimum absolute atomic E-state index is 0.377. The Balaban J connectivity index is 1.75. The Labute approximate surface area is 155 Å². The summed E-state index contributed by atoms with van der Waals surface area (Å²) in [7, 11) is 1.88. The zero-order valence-corrected chi connectivity index (χ0v) is 14.8. The van der Waals surface area contributed by atoms with Gasteiger partial charge < -0.3 is 0 Å². The molecular weight excluding hydrogens is 343 g/mol. The SMILES string of the molecule is Cn1cc(-c2ncnc3c2C(c2ccc4ncc(F)n4c2)=CCCC3)cn1. The van der Waals surface area contributed by atoms with Crippen molar-refractivity contribution >= 4 is 11.2 Å². The summed E-state index contributed by atoms with van der Waals surface area (Å²) in [5.74, 6) is -0.377. The molecule has 4 aromatic rings. The van der Waals surface area contributed by atoms with Gasteiger partial charge in [0.15, 0.2) is 0 Å². The van der Waals surface area contributed by atoms with Crippen LogP contribution in [0.4, 0.5) is 4.39 Å². The van der Waals surface area contributed by atoms with Crippen LogP contribution in [0.5, 0.6) is 0 Å². The number of halogens is 1. The summed E-state index contributed by atoms with van der Waals surface area (Å²) in [4.78, 5) is 13.2. The Kier molecular flexibility index (Phi) is 3.60. The second-order valence-corrected chi connectivity index (χ2v) is 6.68. The van der Waals surface area contributed by atoms with Crippen LogP contribution in [0.15, 0.2) is 49.3 Å². The lowest BCUT2D eigenvalue weighted by atomic mass is 9.94. The smallest absolute Gasteiger partial charge is 0.217 e. The summed E-state index contributed by atoms with van der Waals surface area (Å²) in [5.41, 5.74) is 6.34. The van der Waals surface area contributed by atoms with Crippen molar-refractivity contribution in [2.45, 2.75) is 19.3 Å². The molecule has 0 fully saturated rings. The van der Waals surface area contributed by atoms with E-state index in [2.05, 4.69) is 26.1 Å². The second-order valence-electron chi connectivity index (χ2n) is 6.68. The third-order valence-electron chi connectivity index (χ3n) is 4.91. The van der Waals surface area contributed by atoms with E-state index in [9.17, 15) is 4.39 Å². The third kappa shape index (κ3) is 2.63. The molecule has 6 nitrogen and oxygen atoms in total. The summed E-state index contributed by atoms with van der Waals surface area (Å²) >= 11 is 0. The third-order valence-corrected chi connectivity index (χ3v) is 4.91. The molecule has 27 heavy (non-hydrogen) atoms. The summed E-state index contributed by atoms with van der Waals surface area (Å²) in [6.07, 6.45) is 13.4. The molecule has 0 spiro atoms. The van der Waals surface area contributed by atoms with Gasteiger partial charge in [-0.1, -0.05) is 6.08 Å². The van der Waals surface area contributed by atoms with Gasteiger partial charge in [-0.3, -0.25) is 9.08 Å². The van der Waals surface area contributed by atoms with Gasteiger partial charge >= 0.3 is 0 Å². The number of fused-ring (bicyclic) bond motifs is 2. The van der Waals surface area contributed by atoms with Crippen molar-refractivity contribution in [3.63, 3.8) is 0 Å². The highest BCUT2D eigenvalue weighted by Crippen LogP contribution is 2.36. The highest BCUT2D eigenvalue weighted by atomic mass is 19.1. The Morgan fingerprint density at radius 3 is 2.81 bits per heavy atom. The monoisotopic (exact) mass is 360 g/mol. The first-order valence-electron chi connectivity index (χ1n) is 8.87. The maximum Gasteiger partial charge on any atom is 0.217 e. The average Bonchev–Trinajstić information content (AvgIpc) is 3.20. The van der Waals surface area contributed by atoms with Crippen LogP contribution < -0.4 is 0 Å². The molecule has 0 saturated heterocycles. The lowest BCUT2D eigenvalue weighted by Crippen LogP contribution is -2.03. The van der Waals surface area contributed by atoms with E-state index in [1.807, 2.05) is 31.6 Å². The predicted octanol–water partition coefficient (Wildman–Crippen LogP) is 3.43. The summed E-state index contributed by atoms with van der Waals surface area (Å²) < 4.78 is 17.3. The van der Waals surface area contributed by atoms with Gasteiger partial charge in [0.05, 0.1) is 23.8 Å². The van der Waals surface area contributed by atoms with Gasteiger partial charge in [0.25, 0.3) is 0 Å². The molecule has 1 aliphatic rings. The van der Waals surface area contributed by atoms with Crippen LogP contribution in [0.3, 0.4) is 0 Å². The molecule has 7 heteroatoms. The number of aryl methyl sites for hydroxylation is 2. The van der Waals surface area contributed by atoms with Crippen molar-refractivity contribution in [2.75, 3.05) is 0 Å². The van der Waals surface area contributed by atoms with Crippen LogP contribution in [0.1, 0.15) is 29.7 Å². The Morgan fingerprint density at radius 2 is 1.96 bits per heavy atom. The van der Waals surface area contributed by atoms with Crippen molar-refractivity contribution in [1.29, 1.82) is 0 Å². The highest BCUT2D eigenvalue weighted by Gasteiger charge is 2.21. The van der Waals surface area contributed by atoms with Crippen LogP contribution >= 0.6 is 0 Å². The zero-order valence-electron chi connectivity index (χ0n) is 14.8. The van der Waals surface area contributed by atoms with Crippen LogP contribution in [0, 0.1) is 5.95 Å². The molecule has 0 radical (unpaired) electrons. The standard InChI is InChI=1S/C20H17FN6/c1-26-10-14(8-25-26)20-19-15(4-2-3-5-16(19)23-12-24-20)13-6-7-18-22-9-17(21)27(18)11-13/h4,6-12H,2-3,5H2,1H3. The van der Waals surface area contributed by atoms with Crippen molar-refractivity contribution < 1.29 is 4.39 Å². The number of imidazole rings is 1. The minimum atomic E-state index is -0.377. The number of hydrogen-bond donors (Lipinski definition) is 0. The van der Waals surface area contributed by atoms with Crippen LogP contribution in [0.25, 0.3) is 22.5 Å². The topological polar surface area (TPSA) is 60.9 Å². The quantitative estimate of drug-likeness (QED) is 0.549. The first-order chi connectivity index (χ1) is 13.2. The fourth-order valence-corrected chi connectivity index (χ4v) is 3.65. The van der Waals surface area contributed by atoms with Crippen molar-refractivity contribution in [3.05, 3.63) is 72.1 Å². The van der Waals surface area contributed by atoms with Gasteiger partial charge in [0.2, 0.25) is 5.95 Å². The summed E-state index contributed by atoms with van der Waals surface area (Å²) in [6.45, 7) is 0. The lowest BCUT2D eigenvalue weighted by molar-refractivity contribution is 0.573. The van der Waals surface area contributed by atoms with Crippen LogP contribution in [-0.2, 0) is 13.5 Å². The van der Waals surface area contributed by atoms with Gasteiger partial charge in [0.1, 0.15) is 12.0 Å². The molecule has 0 saturated carbocycles. The number of rotatable bonds is 2. The number of allylic oxidation sites excluding steroid dienone is 1. The molecule has 0 bridgehead atoms. The van der Waals surface area contributed by atoms with Crippen molar-refractivity contribution in [3.8, 4) is 11.3 Å². The maximum atomic E-state index is 14.1. The van der Waals surface area contributed by atoms with Crippen molar-refractivity contribution in [2.24, 2.45) is 7.05 Å². The van der Waals surface area contributed by atoms with Crippen LogP contribution in [0.2, 0.25) is 0 Å². The number of pyridine rings is 1. The Morgan fingerprint density at radius 1 is 1.04 bits per heavy atom. The minimum Gasteiger partial charge on any atom is -0.276 e. The van der Waals surface area contributed by atoms with E-state index in [-0.39, 0.29) is 5.95 Å². The normalized spacial score (nSPS) is 14.1. The van der Waals surface area contributed by atoms with Crippen LogP contribution in [-0.4, -0.2) is 29.1 Å². The molecule has 0 aromatic carbocycles. The fraction of sp³-hybridized carbons (Fsp3) is 0.200. The van der Waals surface area contributed by atoms with Gasteiger partial charge in [-0.2, -0.15) is 9.49 Å². The van der Waals surface area contributed by atoms with E-state index >= 15 is 0 Å².